The first kappa shape index (κ1) is 19.4. The summed E-state index contributed by atoms with van der Waals surface area (Å²) in [5.74, 6) is -0.419. The minimum Gasteiger partial charge on any atom is -0.453 e. The summed E-state index contributed by atoms with van der Waals surface area (Å²) in [5, 5.41) is 4.99. The van der Waals surface area contributed by atoms with Gasteiger partial charge in [0.2, 0.25) is 15.7 Å². The molecular formula is C17H19N3O5S. The van der Waals surface area contributed by atoms with E-state index in [0.29, 0.717) is 11.4 Å². The van der Waals surface area contributed by atoms with Crippen LogP contribution in [-0.4, -0.2) is 33.6 Å². The van der Waals surface area contributed by atoms with Crippen LogP contribution in [0, 0.1) is 0 Å². The monoisotopic (exact) mass is 377 g/mol. The number of benzene rings is 2. The summed E-state index contributed by atoms with van der Waals surface area (Å²) >= 11 is 0. The SMILES string of the molecule is COC(=O)Nc1ccc(S(=O)(=O)c2cccc(NC(=O)C(C)N)c2)cc1. The Balaban J connectivity index is 2.27. The van der Waals surface area contributed by atoms with Gasteiger partial charge in [-0.05, 0) is 49.4 Å². The summed E-state index contributed by atoms with van der Waals surface area (Å²) < 4.78 is 30.0. The van der Waals surface area contributed by atoms with Crippen LogP contribution in [0.3, 0.4) is 0 Å². The molecule has 0 spiro atoms. The lowest BCUT2D eigenvalue weighted by molar-refractivity contribution is -0.117. The number of methoxy groups -OCH3 is 1. The van der Waals surface area contributed by atoms with Crippen molar-refractivity contribution in [2.45, 2.75) is 22.8 Å². The maximum atomic E-state index is 12.7. The molecule has 0 saturated heterocycles. The molecule has 0 heterocycles. The van der Waals surface area contributed by atoms with Gasteiger partial charge in [-0.1, -0.05) is 6.07 Å². The zero-order valence-electron chi connectivity index (χ0n) is 14.2. The number of anilines is 2. The van der Waals surface area contributed by atoms with Crippen LogP contribution in [0.4, 0.5) is 16.2 Å². The molecule has 2 aromatic carbocycles. The highest BCUT2D eigenvalue weighted by atomic mass is 32.2. The molecule has 1 atom stereocenters. The molecule has 0 aromatic heterocycles. The molecule has 0 fully saturated rings. The van der Waals surface area contributed by atoms with E-state index in [1.807, 2.05) is 0 Å². The number of sulfone groups is 1. The van der Waals surface area contributed by atoms with E-state index in [2.05, 4.69) is 15.4 Å². The molecule has 4 N–H and O–H groups in total. The fraction of sp³-hybridized carbons (Fsp3) is 0.176. The number of nitrogens with one attached hydrogen (secondary N) is 2. The normalized spacial score (nSPS) is 12.1. The highest BCUT2D eigenvalue weighted by Gasteiger charge is 2.19. The first-order chi connectivity index (χ1) is 12.2. The maximum Gasteiger partial charge on any atom is 0.411 e. The van der Waals surface area contributed by atoms with E-state index >= 15 is 0 Å². The van der Waals surface area contributed by atoms with E-state index in [1.165, 1.54) is 56.5 Å². The van der Waals surface area contributed by atoms with Crippen molar-refractivity contribution in [1.29, 1.82) is 0 Å². The van der Waals surface area contributed by atoms with E-state index in [9.17, 15) is 18.0 Å². The molecule has 0 radical (unpaired) electrons. The number of amides is 2. The number of rotatable bonds is 5. The van der Waals surface area contributed by atoms with E-state index in [-0.39, 0.29) is 9.79 Å². The van der Waals surface area contributed by atoms with Gasteiger partial charge in [0.25, 0.3) is 0 Å². The van der Waals surface area contributed by atoms with Crippen molar-refractivity contribution in [3.63, 3.8) is 0 Å². The van der Waals surface area contributed by atoms with Gasteiger partial charge in [0.15, 0.2) is 0 Å². The zero-order chi connectivity index (χ0) is 19.3. The molecule has 8 nitrogen and oxygen atoms in total. The third-order valence-corrected chi connectivity index (χ3v) is 5.19. The van der Waals surface area contributed by atoms with E-state index < -0.39 is 27.9 Å². The van der Waals surface area contributed by atoms with Crippen LogP contribution in [0.5, 0.6) is 0 Å². The third kappa shape index (κ3) is 4.58. The maximum absolute atomic E-state index is 12.7. The molecule has 9 heteroatoms. The van der Waals surface area contributed by atoms with Gasteiger partial charge >= 0.3 is 6.09 Å². The topological polar surface area (TPSA) is 128 Å². The molecule has 2 amide bonds. The zero-order valence-corrected chi connectivity index (χ0v) is 15.0. The van der Waals surface area contributed by atoms with Crippen molar-refractivity contribution in [2.24, 2.45) is 5.73 Å². The molecular weight excluding hydrogens is 358 g/mol. The van der Waals surface area contributed by atoms with Crippen LogP contribution in [-0.2, 0) is 19.4 Å². The van der Waals surface area contributed by atoms with Crippen LogP contribution in [0.25, 0.3) is 0 Å². The Labute approximate surface area is 151 Å². The fourth-order valence-corrected chi connectivity index (χ4v) is 3.33. The predicted molar refractivity (Wildman–Crippen MR) is 96.6 cm³/mol. The lowest BCUT2D eigenvalue weighted by Crippen LogP contribution is -2.32. The van der Waals surface area contributed by atoms with Crippen molar-refractivity contribution in [1.82, 2.24) is 0 Å². The van der Waals surface area contributed by atoms with Crippen LogP contribution < -0.4 is 16.4 Å². The van der Waals surface area contributed by atoms with Gasteiger partial charge in [-0.15, -0.1) is 0 Å². The van der Waals surface area contributed by atoms with Crippen molar-refractivity contribution >= 4 is 33.2 Å². The molecule has 2 aromatic rings. The summed E-state index contributed by atoms with van der Waals surface area (Å²) in [6.45, 7) is 1.53. The highest BCUT2D eigenvalue weighted by Crippen LogP contribution is 2.24. The Morgan fingerprint density at radius 3 is 2.23 bits per heavy atom. The Kier molecular flexibility index (Phi) is 5.96. The minimum atomic E-state index is -3.79. The number of hydrogen-bond acceptors (Lipinski definition) is 6. The van der Waals surface area contributed by atoms with E-state index in [0.717, 1.165) is 0 Å². The molecule has 26 heavy (non-hydrogen) atoms. The van der Waals surface area contributed by atoms with Gasteiger partial charge in [0, 0.05) is 11.4 Å². The van der Waals surface area contributed by atoms with E-state index in [1.54, 1.807) is 6.07 Å². The average Bonchev–Trinajstić information content (AvgIpc) is 2.62. The first-order valence-corrected chi connectivity index (χ1v) is 9.09. The van der Waals surface area contributed by atoms with Gasteiger partial charge in [0.05, 0.1) is 22.9 Å². The number of hydrogen-bond donors (Lipinski definition) is 3. The van der Waals surface area contributed by atoms with Crippen molar-refractivity contribution in [3.8, 4) is 0 Å². The molecule has 2 rings (SSSR count). The quantitative estimate of drug-likeness (QED) is 0.731. The number of nitrogens with two attached hydrogens (primary N) is 1. The largest absolute Gasteiger partial charge is 0.453 e. The molecule has 1 unspecified atom stereocenters. The van der Waals surface area contributed by atoms with Crippen molar-refractivity contribution in [2.75, 3.05) is 17.7 Å². The smallest absolute Gasteiger partial charge is 0.411 e. The molecule has 0 aliphatic carbocycles. The lowest BCUT2D eigenvalue weighted by atomic mass is 10.3. The minimum absolute atomic E-state index is 0.0219. The van der Waals surface area contributed by atoms with Crippen LogP contribution in [0.15, 0.2) is 58.3 Å². The van der Waals surface area contributed by atoms with Gasteiger partial charge < -0.3 is 15.8 Å². The van der Waals surface area contributed by atoms with Gasteiger partial charge in [-0.2, -0.15) is 0 Å². The average molecular weight is 377 g/mol. The molecule has 0 saturated carbocycles. The second-order valence-corrected chi connectivity index (χ2v) is 7.40. The summed E-state index contributed by atoms with van der Waals surface area (Å²) in [5.41, 5.74) is 6.22. The standard InChI is InChI=1S/C17H19N3O5S/c1-11(18)16(21)19-13-4-3-5-15(10-13)26(23,24)14-8-6-12(7-9-14)20-17(22)25-2/h3-11H,18H2,1-2H3,(H,19,21)(H,20,22). The third-order valence-electron chi connectivity index (χ3n) is 3.42. The first-order valence-electron chi connectivity index (χ1n) is 7.60. The van der Waals surface area contributed by atoms with Gasteiger partial charge in [0.1, 0.15) is 0 Å². The number of carbonyl (C=O) groups is 2. The number of carbonyl (C=O) groups excluding carboxylic acids is 2. The molecule has 0 aliphatic heterocycles. The van der Waals surface area contributed by atoms with Crippen LogP contribution >= 0.6 is 0 Å². The second kappa shape index (κ2) is 7.98. The summed E-state index contributed by atoms with van der Waals surface area (Å²) in [6, 6.07) is 10.8. The van der Waals surface area contributed by atoms with Crippen LogP contribution in [0.2, 0.25) is 0 Å². The molecule has 0 aliphatic rings. The lowest BCUT2D eigenvalue weighted by Gasteiger charge is -2.10. The summed E-state index contributed by atoms with van der Waals surface area (Å²) in [6.07, 6.45) is -0.654. The van der Waals surface area contributed by atoms with Gasteiger partial charge in [-0.3, -0.25) is 10.1 Å². The summed E-state index contributed by atoms with van der Waals surface area (Å²) in [4.78, 5) is 22.9. The predicted octanol–water partition coefficient (Wildman–Crippen LogP) is 1.98. The Hall–Kier alpha value is -2.91. The highest BCUT2D eigenvalue weighted by molar-refractivity contribution is 7.91. The Morgan fingerprint density at radius 1 is 1.00 bits per heavy atom. The summed E-state index contributed by atoms with van der Waals surface area (Å²) in [7, 11) is -2.57. The van der Waals surface area contributed by atoms with E-state index in [4.69, 9.17) is 5.73 Å². The van der Waals surface area contributed by atoms with Crippen molar-refractivity contribution in [3.05, 3.63) is 48.5 Å². The second-order valence-electron chi connectivity index (χ2n) is 5.45. The Bertz CT molecular complexity index is 908. The molecule has 138 valence electrons. The van der Waals surface area contributed by atoms with Gasteiger partial charge in [-0.25, -0.2) is 13.2 Å². The van der Waals surface area contributed by atoms with Crippen molar-refractivity contribution < 1.29 is 22.7 Å². The fourth-order valence-electron chi connectivity index (χ4n) is 2.02. The molecule has 0 bridgehead atoms. The number of ether oxygens (including phenoxy) is 1. The van der Waals surface area contributed by atoms with Crippen LogP contribution in [0.1, 0.15) is 6.92 Å². The Morgan fingerprint density at radius 2 is 1.65 bits per heavy atom.